The number of benzene rings is 4. The second kappa shape index (κ2) is 8.40. The molecule has 4 aromatic carbocycles. The second-order valence-electron chi connectivity index (χ2n) is 6.69. The van der Waals surface area contributed by atoms with Gasteiger partial charge in [-0.1, -0.05) is 42.5 Å². The fourth-order valence-corrected chi connectivity index (χ4v) is 3.33. The summed E-state index contributed by atoms with van der Waals surface area (Å²) in [6, 6.07) is 36.3. The molecule has 4 aromatic rings. The largest absolute Gasteiger partial charge is 0.345 e. The van der Waals surface area contributed by atoms with E-state index in [4.69, 9.17) is 0 Å². The van der Waals surface area contributed by atoms with Crippen LogP contribution in [0.4, 0.5) is 34.1 Å². The molecule has 0 aliphatic rings. The minimum Gasteiger partial charge on any atom is -0.345 e. The van der Waals surface area contributed by atoms with Crippen LogP contribution in [0.5, 0.6) is 0 Å². The van der Waals surface area contributed by atoms with E-state index in [0.29, 0.717) is 5.69 Å². The first-order valence-electron chi connectivity index (χ1n) is 9.44. The van der Waals surface area contributed by atoms with Gasteiger partial charge < -0.3 is 9.80 Å². The van der Waals surface area contributed by atoms with E-state index >= 15 is 0 Å². The number of hydrogen-bond donors (Lipinski definition) is 0. The maximum Gasteiger partial charge on any atom is 0.110 e. The van der Waals surface area contributed by atoms with Crippen LogP contribution in [0.15, 0.2) is 114 Å². The smallest absolute Gasteiger partial charge is 0.110 e. The third kappa shape index (κ3) is 4.01. The molecule has 0 aliphatic carbocycles. The second-order valence-corrected chi connectivity index (χ2v) is 6.69. The van der Waals surface area contributed by atoms with Crippen LogP contribution < -0.4 is 9.80 Å². The van der Waals surface area contributed by atoms with Gasteiger partial charge >= 0.3 is 0 Å². The summed E-state index contributed by atoms with van der Waals surface area (Å²) in [6.07, 6.45) is 0. The van der Waals surface area contributed by atoms with Crippen molar-refractivity contribution in [2.45, 2.75) is 0 Å². The van der Waals surface area contributed by atoms with Gasteiger partial charge in [0, 0.05) is 35.5 Å². The lowest BCUT2D eigenvalue weighted by Gasteiger charge is -2.26. The van der Waals surface area contributed by atoms with Gasteiger partial charge in [-0.25, -0.2) is 0 Å². The first-order chi connectivity index (χ1) is 14.3. The molecule has 29 heavy (non-hydrogen) atoms. The molecule has 0 bridgehead atoms. The monoisotopic (exact) mass is 379 g/mol. The van der Waals surface area contributed by atoms with Gasteiger partial charge in [-0.15, -0.1) is 4.91 Å². The highest BCUT2D eigenvalue weighted by Crippen LogP contribution is 2.35. The van der Waals surface area contributed by atoms with Crippen LogP contribution in [-0.4, -0.2) is 7.05 Å². The van der Waals surface area contributed by atoms with Gasteiger partial charge in [0.2, 0.25) is 0 Å². The maximum absolute atomic E-state index is 10.8. The van der Waals surface area contributed by atoms with Crippen LogP contribution in [0.25, 0.3) is 0 Å². The predicted octanol–water partition coefficient (Wildman–Crippen LogP) is 7.32. The Labute approximate surface area is 170 Å². The molecular formula is C25H21N3O. The Morgan fingerprint density at radius 1 is 0.552 bits per heavy atom. The predicted molar refractivity (Wildman–Crippen MR) is 121 cm³/mol. The summed E-state index contributed by atoms with van der Waals surface area (Å²) in [5, 5.41) is 3.03. The SMILES string of the molecule is CN(c1ccc(N(c2ccccc2)c2ccccc2)cc1)c1cccc(N=O)c1. The molecule has 0 saturated carbocycles. The zero-order valence-corrected chi connectivity index (χ0v) is 16.1. The highest BCUT2D eigenvalue weighted by atomic mass is 16.3. The molecule has 0 fully saturated rings. The van der Waals surface area contributed by atoms with Crippen molar-refractivity contribution in [2.75, 3.05) is 16.8 Å². The zero-order chi connectivity index (χ0) is 20.1. The van der Waals surface area contributed by atoms with Crippen molar-refractivity contribution in [1.82, 2.24) is 0 Å². The van der Waals surface area contributed by atoms with Crippen molar-refractivity contribution < 1.29 is 0 Å². The van der Waals surface area contributed by atoms with Crippen molar-refractivity contribution in [1.29, 1.82) is 0 Å². The van der Waals surface area contributed by atoms with Gasteiger partial charge in [-0.2, -0.15) is 0 Å². The quantitative estimate of drug-likeness (QED) is 0.329. The van der Waals surface area contributed by atoms with E-state index in [9.17, 15) is 4.91 Å². The first kappa shape index (κ1) is 18.4. The van der Waals surface area contributed by atoms with Crippen molar-refractivity contribution in [3.05, 3.63) is 114 Å². The first-order valence-corrected chi connectivity index (χ1v) is 9.44. The Morgan fingerprint density at radius 3 is 1.59 bits per heavy atom. The molecule has 0 N–H and O–H groups in total. The number of rotatable bonds is 6. The Hall–Kier alpha value is -3.92. The van der Waals surface area contributed by atoms with Crippen molar-refractivity contribution in [2.24, 2.45) is 5.18 Å². The van der Waals surface area contributed by atoms with E-state index in [0.717, 1.165) is 28.4 Å². The highest BCUT2D eigenvalue weighted by molar-refractivity contribution is 5.78. The minimum absolute atomic E-state index is 0.422. The van der Waals surface area contributed by atoms with Crippen LogP contribution in [0, 0.1) is 4.91 Å². The minimum atomic E-state index is 0.422. The van der Waals surface area contributed by atoms with Gasteiger partial charge in [0.1, 0.15) is 5.69 Å². The molecular weight excluding hydrogens is 358 g/mol. The fraction of sp³-hybridized carbons (Fsp3) is 0.0400. The lowest BCUT2D eigenvalue weighted by atomic mass is 10.1. The van der Waals surface area contributed by atoms with Crippen LogP contribution in [-0.2, 0) is 0 Å². The molecule has 0 spiro atoms. The Balaban J connectivity index is 1.68. The molecule has 0 radical (unpaired) electrons. The summed E-state index contributed by atoms with van der Waals surface area (Å²) < 4.78 is 0. The molecule has 0 unspecified atom stereocenters. The number of hydrogen-bond acceptors (Lipinski definition) is 4. The summed E-state index contributed by atoms with van der Waals surface area (Å²) in [4.78, 5) is 15.1. The summed E-state index contributed by atoms with van der Waals surface area (Å²) in [7, 11) is 1.98. The average molecular weight is 379 g/mol. The topological polar surface area (TPSA) is 35.9 Å². The van der Waals surface area contributed by atoms with Crippen LogP contribution in [0.1, 0.15) is 0 Å². The molecule has 142 valence electrons. The molecule has 0 saturated heterocycles. The van der Waals surface area contributed by atoms with Crippen LogP contribution >= 0.6 is 0 Å². The van der Waals surface area contributed by atoms with E-state index < -0.39 is 0 Å². The summed E-state index contributed by atoms with van der Waals surface area (Å²) in [5.74, 6) is 0. The fourth-order valence-electron chi connectivity index (χ4n) is 3.33. The van der Waals surface area contributed by atoms with Gasteiger partial charge in [0.15, 0.2) is 0 Å². The van der Waals surface area contributed by atoms with Crippen LogP contribution in [0.2, 0.25) is 0 Å². The van der Waals surface area contributed by atoms with E-state index in [2.05, 4.69) is 58.6 Å². The summed E-state index contributed by atoms with van der Waals surface area (Å²) in [6.45, 7) is 0. The van der Waals surface area contributed by atoms with Gasteiger partial charge in [0.05, 0.1) is 0 Å². The molecule has 0 heterocycles. The molecule has 0 aromatic heterocycles. The number of para-hydroxylation sites is 2. The van der Waals surface area contributed by atoms with Crippen molar-refractivity contribution >= 4 is 34.1 Å². The zero-order valence-electron chi connectivity index (χ0n) is 16.1. The van der Waals surface area contributed by atoms with Crippen LogP contribution in [0.3, 0.4) is 0 Å². The molecule has 4 rings (SSSR count). The lowest BCUT2D eigenvalue weighted by Crippen LogP contribution is -2.11. The van der Waals surface area contributed by atoms with E-state index in [-0.39, 0.29) is 0 Å². The molecule has 0 aliphatic heterocycles. The van der Waals surface area contributed by atoms with Gasteiger partial charge in [0.25, 0.3) is 0 Å². The number of nitrogens with zero attached hydrogens (tertiary/aromatic N) is 3. The molecule has 0 atom stereocenters. The highest BCUT2D eigenvalue weighted by Gasteiger charge is 2.12. The Kier molecular flexibility index (Phi) is 5.34. The third-order valence-electron chi connectivity index (χ3n) is 4.85. The summed E-state index contributed by atoms with van der Waals surface area (Å²) in [5.41, 5.74) is 5.64. The summed E-state index contributed by atoms with van der Waals surface area (Å²) >= 11 is 0. The average Bonchev–Trinajstić information content (AvgIpc) is 2.81. The third-order valence-corrected chi connectivity index (χ3v) is 4.85. The Bertz CT molecular complexity index is 1040. The molecule has 4 nitrogen and oxygen atoms in total. The normalized spacial score (nSPS) is 10.4. The van der Waals surface area contributed by atoms with Gasteiger partial charge in [-0.3, -0.25) is 0 Å². The van der Waals surface area contributed by atoms with Gasteiger partial charge in [-0.05, 0) is 71.9 Å². The van der Waals surface area contributed by atoms with Crippen molar-refractivity contribution in [3.63, 3.8) is 0 Å². The maximum atomic E-state index is 10.8. The Morgan fingerprint density at radius 2 is 1.03 bits per heavy atom. The molecule has 4 heteroatoms. The van der Waals surface area contributed by atoms with E-state index in [1.165, 1.54) is 0 Å². The van der Waals surface area contributed by atoms with E-state index in [1.54, 1.807) is 12.1 Å². The molecule has 0 amide bonds. The van der Waals surface area contributed by atoms with Crippen molar-refractivity contribution in [3.8, 4) is 0 Å². The lowest BCUT2D eigenvalue weighted by molar-refractivity contribution is 1.20. The number of nitroso groups, excluding NO2 is 1. The van der Waals surface area contributed by atoms with E-state index in [1.807, 2.05) is 60.5 Å². The standard InChI is InChI=1S/C25H21N3O/c1-27(25-14-8-9-20(19-25)26-29)21-15-17-24(18-16-21)28(22-10-4-2-5-11-22)23-12-6-3-7-13-23/h2-19H,1H3. The number of anilines is 5.